The maximum Gasteiger partial charge on any atom is 0.417 e. The molecular weight excluding hydrogens is 825 g/mol. The zero-order valence-corrected chi connectivity index (χ0v) is 35.2. The number of nitrogens with one attached hydrogen (secondary N) is 4. The molecule has 3 aromatic rings. The standard InChI is InChI=1S/C42H50ClF3N6O7S/c1-41(2,3)59-40(58)50-35(39(56)57)12-5-6-18-47-36(53)17-21-60-26-28-10-9-11-29(22-28)37(54)49-34-16-14-30(52-19-7-4-8-20-52)24-31(34)38(55)51-48-25-27-13-15-33(43)32(23-27)42(44,45)46/h9-11,13-16,22-25,35H,4-8,12,17-21,26H2,1-3H3,(H,47,53)(H,49,54)(H,50,58)(H,51,55)(H,56,57)/b48-25-/t35-/m0/s1. The van der Waals surface area contributed by atoms with Crippen LogP contribution in [0.3, 0.4) is 0 Å². The van der Waals surface area contributed by atoms with Crippen molar-refractivity contribution in [3.05, 3.63) is 93.5 Å². The molecule has 1 aliphatic rings. The van der Waals surface area contributed by atoms with Crippen LogP contribution in [0, 0.1) is 0 Å². The first-order chi connectivity index (χ1) is 28.4. The highest BCUT2D eigenvalue weighted by atomic mass is 35.5. The fourth-order valence-electron chi connectivity index (χ4n) is 6.09. The molecule has 324 valence electrons. The van der Waals surface area contributed by atoms with E-state index in [1.807, 2.05) is 12.1 Å². The smallest absolute Gasteiger partial charge is 0.417 e. The van der Waals surface area contributed by atoms with Crippen LogP contribution in [0.25, 0.3) is 0 Å². The van der Waals surface area contributed by atoms with E-state index in [-0.39, 0.29) is 35.6 Å². The van der Waals surface area contributed by atoms with Gasteiger partial charge in [-0.05, 0) is 113 Å². The summed E-state index contributed by atoms with van der Waals surface area (Å²) in [5.74, 6) is -1.45. The molecule has 4 rings (SSSR count). The van der Waals surface area contributed by atoms with Gasteiger partial charge in [0, 0.05) is 48.8 Å². The van der Waals surface area contributed by atoms with Gasteiger partial charge in [0.15, 0.2) is 0 Å². The van der Waals surface area contributed by atoms with E-state index in [4.69, 9.17) is 16.3 Å². The first kappa shape index (κ1) is 47.4. The van der Waals surface area contributed by atoms with Crippen LogP contribution in [-0.4, -0.2) is 78.1 Å². The topological polar surface area (TPSA) is 179 Å². The highest BCUT2D eigenvalue weighted by molar-refractivity contribution is 7.98. The van der Waals surface area contributed by atoms with Crippen molar-refractivity contribution in [1.29, 1.82) is 0 Å². The van der Waals surface area contributed by atoms with Gasteiger partial charge < -0.3 is 30.7 Å². The van der Waals surface area contributed by atoms with Crippen LogP contribution >= 0.6 is 23.4 Å². The predicted octanol–water partition coefficient (Wildman–Crippen LogP) is 8.25. The number of carboxylic acids is 1. The molecule has 1 saturated heterocycles. The number of thioether (sulfide) groups is 1. The number of carbonyl (C=O) groups excluding carboxylic acids is 4. The lowest BCUT2D eigenvalue weighted by molar-refractivity contribution is -0.140. The number of carboxylic acid groups (broad SMARTS) is 1. The molecule has 0 radical (unpaired) electrons. The second-order valence-corrected chi connectivity index (χ2v) is 16.6. The molecule has 0 aromatic heterocycles. The van der Waals surface area contributed by atoms with Crippen LogP contribution in [0.2, 0.25) is 5.02 Å². The lowest BCUT2D eigenvalue weighted by atomic mass is 10.1. The van der Waals surface area contributed by atoms with Gasteiger partial charge >= 0.3 is 18.2 Å². The number of piperidine rings is 1. The first-order valence-electron chi connectivity index (χ1n) is 19.5. The maximum atomic E-state index is 13.5. The number of hydrogen-bond acceptors (Lipinski definition) is 9. The average molecular weight is 875 g/mol. The number of carbonyl (C=O) groups is 5. The van der Waals surface area contributed by atoms with Gasteiger partial charge in [-0.2, -0.15) is 30.0 Å². The molecule has 1 fully saturated rings. The molecule has 5 N–H and O–H groups in total. The highest BCUT2D eigenvalue weighted by Gasteiger charge is 2.33. The highest BCUT2D eigenvalue weighted by Crippen LogP contribution is 2.35. The number of alkyl halides is 3. The zero-order valence-electron chi connectivity index (χ0n) is 33.6. The minimum Gasteiger partial charge on any atom is -0.480 e. The molecule has 0 bridgehead atoms. The van der Waals surface area contributed by atoms with E-state index in [0.29, 0.717) is 36.5 Å². The minimum atomic E-state index is -4.67. The van der Waals surface area contributed by atoms with Crippen molar-refractivity contribution in [3.8, 4) is 0 Å². The number of benzene rings is 3. The maximum absolute atomic E-state index is 13.5. The van der Waals surface area contributed by atoms with E-state index in [2.05, 4.69) is 31.4 Å². The number of ether oxygens (including phenoxy) is 1. The van der Waals surface area contributed by atoms with E-state index in [9.17, 15) is 42.3 Å². The number of nitrogens with zero attached hydrogens (tertiary/aromatic N) is 2. The minimum absolute atomic E-state index is 0.0669. The van der Waals surface area contributed by atoms with Crippen LogP contribution in [0.15, 0.2) is 65.8 Å². The van der Waals surface area contributed by atoms with Crippen molar-refractivity contribution in [3.63, 3.8) is 0 Å². The van der Waals surface area contributed by atoms with E-state index in [0.717, 1.165) is 62.0 Å². The van der Waals surface area contributed by atoms with Crippen molar-refractivity contribution in [2.45, 2.75) is 89.3 Å². The molecule has 0 unspecified atom stereocenters. The summed E-state index contributed by atoms with van der Waals surface area (Å²) in [6.45, 7) is 6.99. The number of rotatable bonds is 18. The molecular formula is C42H50ClF3N6O7S. The Labute approximate surface area is 356 Å². The Balaban J connectivity index is 1.29. The van der Waals surface area contributed by atoms with Crippen molar-refractivity contribution < 1.29 is 47.0 Å². The van der Waals surface area contributed by atoms with Gasteiger partial charge in [-0.3, -0.25) is 14.4 Å². The SMILES string of the molecule is CC(C)(C)OC(=O)N[C@@H](CCCCNC(=O)CCSCc1cccc(C(=O)Nc2ccc(N3CCCCC3)cc2C(=O)N/N=C\c2ccc(Cl)c(C(F)(F)F)c2)c1)C(=O)O. The summed E-state index contributed by atoms with van der Waals surface area (Å²) in [5, 5.41) is 20.8. The molecule has 1 atom stereocenters. The summed E-state index contributed by atoms with van der Waals surface area (Å²) in [6, 6.07) is 14.2. The van der Waals surface area contributed by atoms with E-state index >= 15 is 0 Å². The number of unbranched alkanes of at least 4 members (excludes halogenated alkanes) is 1. The van der Waals surface area contributed by atoms with Gasteiger partial charge in [-0.25, -0.2) is 15.0 Å². The largest absolute Gasteiger partial charge is 0.480 e. The molecule has 0 spiro atoms. The Morgan fingerprint density at radius 2 is 1.72 bits per heavy atom. The predicted molar refractivity (Wildman–Crippen MR) is 227 cm³/mol. The molecule has 18 heteroatoms. The van der Waals surface area contributed by atoms with Crippen LogP contribution in [0.4, 0.5) is 29.3 Å². The van der Waals surface area contributed by atoms with Crippen LogP contribution < -0.4 is 26.3 Å². The van der Waals surface area contributed by atoms with Crippen LogP contribution in [-0.2, 0) is 26.3 Å². The third-order valence-corrected chi connectivity index (χ3v) is 10.4. The molecule has 13 nitrogen and oxygen atoms in total. The molecule has 60 heavy (non-hydrogen) atoms. The summed E-state index contributed by atoms with van der Waals surface area (Å²) in [6.07, 6.45) is 0.0883. The van der Waals surface area contributed by atoms with Crippen molar-refractivity contribution in [2.24, 2.45) is 5.10 Å². The number of halogens is 4. The first-order valence-corrected chi connectivity index (χ1v) is 21.0. The number of alkyl carbamates (subject to hydrolysis) is 1. The zero-order chi connectivity index (χ0) is 43.9. The normalized spacial score (nSPS) is 13.7. The van der Waals surface area contributed by atoms with Gasteiger partial charge in [-0.1, -0.05) is 29.8 Å². The van der Waals surface area contributed by atoms with Gasteiger partial charge in [0.05, 0.1) is 28.1 Å². The fourth-order valence-corrected chi connectivity index (χ4v) is 7.21. The lowest BCUT2D eigenvalue weighted by Crippen LogP contribution is -2.43. The second kappa shape index (κ2) is 22.4. The van der Waals surface area contributed by atoms with Gasteiger partial charge in [-0.15, -0.1) is 0 Å². The van der Waals surface area contributed by atoms with Crippen molar-refractivity contribution in [1.82, 2.24) is 16.1 Å². The molecule has 1 aliphatic heterocycles. The summed E-state index contributed by atoms with van der Waals surface area (Å²) in [5.41, 5.74) is 2.92. The second-order valence-electron chi connectivity index (χ2n) is 15.1. The Bertz CT molecular complexity index is 2020. The van der Waals surface area contributed by atoms with Gasteiger partial charge in [0.2, 0.25) is 5.91 Å². The number of aliphatic carboxylic acids is 1. The van der Waals surface area contributed by atoms with Gasteiger partial charge in [0.25, 0.3) is 11.8 Å². The van der Waals surface area contributed by atoms with E-state index in [1.54, 1.807) is 51.1 Å². The molecule has 1 heterocycles. The Hall–Kier alpha value is -5.29. The number of hydrazone groups is 1. The molecule has 3 aromatic carbocycles. The van der Waals surface area contributed by atoms with Gasteiger partial charge in [0.1, 0.15) is 11.6 Å². The lowest BCUT2D eigenvalue weighted by Gasteiger charge is -2.29. The fraction of sp³-hybridized carbons (Fsp3) is 0.429. The summed E-state index contributed by atoms with van der Waals surface area (Å²) >= 11 is 7.23. The Kier molecular flexibility index (Phi) is 17.7. The molecule has 0 aliphatic carbocycles. The summed E-state index contributed by atoms with van der Waals surface area (Å²) in [4.78, 5) is 65.0. The summed E-state index contributed by atoms with van der Waals surface area (Å²) < 4.78 is 45.1. The average Bonchev–Trinajstić information content (AvgIpc) is 3.19. The van der Waals surface area contributed by atoms with E-state index in [1.165, 1.54) is 17.8 Å². The van der Waals surface area contributed by atoms with Crippen molar-refractivity contribution >= 4 is 70.7 Å². The monoisotopic (exact) mass is 874 g/mol. The third-order valence-electron chi connectivity index (χ3n) is 9.05. The number of amides is 4. The molecule has 4 amide bonds. The number of anilines is 2. The Morgan fingerprint density at radius 3 is 2.42 bits per heavy atom. The third kappa shape index (κ3) is 15.7. The Morgan fingerprint density at radius 1 is 0.967 bits per heavy atom. The number of hydrogen-bond donors (Lipinski definition) is 5. The van der Waals surface area contributed by atoms with Crippen LogP contribution in [0.5, 0.6) is 0 Å². The van der Waals surface area contributed by atoms with Crippen LogP contribution in [0.1, 0.15) is 103 Å². The summed E-state index contributed by atoms with van der Waals surface area (Å²) in [7, 11) is 0. The van der Waals surface area contributed by atoms with Crippen molar-refractivity contribution in [2.75, 3.05) is 35.6 Å². The van der Waals surface area contributed by atoms with E-state index < -0.39 is 52.3 Å². The molecule has 0 saturated carbocycles. The quantitative estimate of drug-likeness (QED) is 0.0478.